The fraction of sp³-hybridized carbons (Fsp3) is 0.222. The van der Waals surface area contributed by atoms with E-state index in [4.69, 9.17) is 5.11 Å². The molecule has 0 aliphatic carbocycles. The van der Waals surface area contributed by atoms with Crippen molar-refractivity contribution in [3.63, 3.8) is 0 Å². The number of carbonyl (C=O) groups is 1. The quantitative estimate of drug-likeness (QED) is 0.764. The van der Waals surface area contributed by atoms with E-state index in [0.29, 0.717) is 6.42 Å². The molecule has 0 aliphatic rings. The number of hydrogen-bond donors (Lipinski definition) is 1. The summed E-state index contributed by atoms with van der Waals surface area (Å²) in [6.07, 6.45) is 0.834. The second-order valence-electron chi connectivity index (χ2n) is 2.38. The Kier molecular flexibility index (Phi) is 5.43. The number of hydrogen-bond acceptors (Lipinski definition) is 1. The summed E-state index contributed by atoms with van der Waals surface area (Å²) in [6, 6.07) is 9.62. The van der Waals surface area contributed by atoms with Gasteiger partial charge in [-0.25, -0.2) is 0 Å². The van der Waals surface area contributed by atoms with Gasteiger partial charge in [-0.05, 0) is 12.0 Å². The first kappa shape index (κ1) is 11.2. The van der Waals surface area contributed by atoms with E-state index in [0.717, 1.165) is 5.56 Å². The van der Waals surface area contributed by atoms with Gasteiger partial charge in [0.1, 0.15) is 0 Å². The van der Waals surface area contributed by atoms with Crippen molar-refractivity contribution in [2.45, 2.75) is 12.8 Å². The molecule has 0 atom stereocenters. The van der Waals surface area contributed by atoms with Crippen LogP contribution in [0.4, 0.5) is 0 Å². The number of carboxylic acids is 1. The molecule has 12 heavy (non-hydrogen) atoms. The average molecular weight is 206 g/mol. The van der Waals surface area contributed by atoms with E-state index in [1.54, 1.807) is 0 Å². The molecule has 1 aromatic rings. The predicted octanol–water partition coefficient (Wildman–Crippen LogP) is 1.70. The first-order chi connectivity index (χ1) is 5.29. The SMILES string of the molecule is O=C(O)CCc1ccccc1.[Fe]. The molecule has 0 spiro atoms. The van der Waals surface area contributed by atoms with Crippen molar-refractivity contribution in [1.29, 1.82) is 0 Å². The van der Waals surface area contributed by atoms with Gasteiger partial charge in [-0.15, -0.1) is 0 Å². The minimum atomic E-state index is -0.742. The van der Waals surface area contributed by atoms with E-state index in [2.05, 4.69) is 0 Å². The predicted molar refractivity (Wildman–Crippen MR) is 42.4 cm³/mol. The van der Waals surface area contributed by atoms with Crippen molar-refractivity contribution in [2.75, 3.05) is 0 Å². The number of benzene rings is 1. The Morgan fingerprint density at radius 3 is 2.33 bits per heavy atom. The Morgan fingerprint density at radius 2 is 1.83 bits per heavy atom. The molecule has 0 radical (unpaired) electrons. The Morgan fingerprint density at radius 1 is 1.25 bits per heavy atom. The van der Waals surface area contributed by atoms with Crippen LogP contribution in [0, 0.1) is 0 Å². The summed E-state index contributed by atoms with van der Waals surface area (Å²) in [5.74, 6) is -0.742. The van der Waals surface area contributed by atoms with E-state index in [-0.39, 0.29) is 23.5 Å². The summed E-state index contributed by atoms with van der Waals surface area (Å²) in [6.45, 7) is 0. The van der Waals surface area contributed by atoms with Crippen LogP contribution in [-0.2, 0) is 28.3 Å². The van der Waals surface area contributed by atoms with Gasteiger partial charge in [0.15, 0.2) is 0 Å². The fourth-order valence-electron chi connectivity index (χ4n) is 0.896. The summed E-state index contributed by atoms with van der Waals surface area (Å²) in [5.41, 5.74) is 1.08. The number of carboxylic acid groups (broad SMARTS) is 1. The molecule has 0 aliphatic heterocycles. The minimum Gasteiger partial charge on any atom is -0.481 e. The topological polar surface area (TPSA) is 37.3 Å². The van der Waals surface area contributed by atoms with Crippen LogP contribution >= 0.6 is 0 Å². The molecule has 0 saturated heterocycles. The molecule has 1 rings (SSSR count). The standard InChI is InChI=1S/C9H10O2.Fe/c10-9(11)7-6-8-4-2-1-3-5-8;/h1-5H,6-7H2,(H,10,11);. The Bertz CT molecular complexity index is 234. The molecule has 0 aromatic heterocycles. The number of aliphatic carboxylic acids is 1. The molecule has 0 bridgehead atoms. The van der Waals surface area contributed by atoms with Gasteiger partial charge < -0.3 is 5.11 Å². The Labute approximate surface area is 82.1 Å². The van der Waals surface area contributed by atoms with Gasteiger partial charge in [0, 0.05) is 23.5 Å². The molecule has 0 amide bonds. The maximum atomic E-state index is 10.2. The van der Waals surface area contributed by atoms with Crippen molar-refractivity contribution >= 4 is 5.97 Å². The fourth-order valence-corrected chi connectivity index (χ4v) is 0.896. The van der Waals surface area contributed by atoms with E-state index in [1.807, 2.05) is 30.3 Å². The summed E-state index contributed by atoms with van der Waals surface area (Å²) < 4.78 is 0. The maximum Gasteiger partial charge on any atom is 0.303 e. The Balaban J connectivity index is 0.00000121. The largest absolute Gasteiger partial charge is 0.481 e. The van der Waals surface area contributed by atoms with E-state index in [1.165, 1.54) is 0 Å². The van der Waals surface area contributed by atoms with Gasteiger partial charge in [0.25, 0.3) is 0 Å². The smallest absolute Gasteiger partial charge is 0.303 e. The second-order valence-corrected chi connectivity index (χ2v) is 2.38. The Hall–Kier alpha value is -0.791. The van der Waals surface area contributed by atoms with Crippen molar-refractivity contribution < 1.29 is 27.0 Å². The van der Waals surface area contributed by atoms with Crippen LogP contribution in [-0.4, -0.2) is 11.1 Å². The molecular formula is C9H10FeO2. The van der Waals surface area contributed by atoms with Crippen LogP contribution in [0.15, 0.2) is 30.3 Å². The van der Waals surface area contributed by atoms with E-state index in [9.17, 15) is 4.79 Å². The molecular weight excluding hydrogens is 196 g/mol. The molecule has 0 fully saturated rings. The van der Waals surface area contributed by atoms with Crippen LogP contribution < -0.4 is 0 Å². The van der Waals surface area contributed by atoms with Crippen molar-refractivity contribution in [2.24, 2.45) is 0 Å². The molecule has 1 N–H and O–H groups in total. The van der Waals surface area contributed by atoms with Crippen molar-refractivity contribution in [3.8, 4) is 0 Å². The maximum absolute atomic E-state index is 10.2. The molecule has 0 saturated carbocycles. The van der Waals surface area contributed by atoms with Crippen molar-refractivity contribution in [1.82, 2.24) is 0 Å². The monoisotopic (exact) mass is 206 g/mol. The third-order valence-electron chi connectivity index (χ3n) is 1.47. The van der Waals surface area contributed by atoms with Gasteiger partial charge >= 0.3 is 5.97 Å². The van der Waals surface area contributed by atoms with Crippen LogP contribution in [0.2, 0.25) is 0 Å². The van der Waals surface area contributed by atoms with Crippen LogP contribution in [0.1, 0.15) is 12.0 Å². The van der Waals surface area contributed by atoms with Gasteiger partial charge in [-0.1, -0.05) is 30.3 Å². The zero-order valence-corrected chi connectivity index (χ0v) is 7.61. The average Bonchev–Trinajstić information content (AvgIpc) is 2.03. The molecule has 2 nitrogen and oxygen atoms in total. The normalized spacial score (nSPS) is 8.67. The summed E-state index contributed by atoms with van der Waals surface area (Å²) in [7, 11) is 0. The minimum absolute atomic E-state index is 0. The molecule has 3 heteroatoms. The molecule has 0 heterocycles. The zero-order chi connectivity index (χ0) is 8.10. The van der Waals surface area contributed by atoms with Crippen molar-refractivity contribution in [3.05, 3.63) is 35.9 Å². The van der Waals surface area contributed by atoms with Crippen LogP contribution in [0.3, 0.4) is 0 Å². The molecule has 66 valence electrons. The van der Waals surface area contributed by atoms with Crippen LogP contribution in [0.5, 0.6) is 0 Å². The van der Waals surface area contributed by atoms with E-state index < -0.39 is 5.97 Å². The number of aryl methyl sites for hydroxylation is 1. The summed E-state index contributed by atoms with van der Waals surface area (Å²) in [5, 5.41) is 8.37. The second kappa shape index (κ2) is 5.81. The number of rotatable bonds is 3. The summed E-state index contributed by atoms with van der Waals surface area (Å²) >= 11 is 0. The van der Waals surface area contributed by atoms with Gasteiger partial charge in [-0.3, -0.25) is 4.79 Å². The van der Waals surface area contributed by atoms with Gasteiger partial charge in [0.05, 0.1) is 0 Å². The first-order valence-electron chi connectivity index (χ1n) is 3.55. The zero-order valence-electron chi connectivity index (χ0n) is 6.51. The first-order valence-corrected chi connectivity index (χ1v) is 3.55. The van der Waals surface area contributed by atoms with Gasteiger partial charge in [-0.2, -0.15) is 0 Å². The van der Waals surface area contributed by atoms with E-state index >= 15 is 0 Å². The third kappa shape index (κ3) is 4.16. The van der Waals surface area contributed by atoms with Gasteiger partial charge in [0.2, 0.25) is 0 Å². The van der Waals surface area contributed by atoms with Crippen LogP contribution in [0.25, 0.3) is 0 Å². The molecule has 1 aromatic carbocycles. The molecule has 0 unspecified atom stereocenters. The third-order valence-corrected chi connectivity index (χ3v) is 1.47. The summed E-state index contributed by atoms with van der Waals surface area (Å²) in [4.78, 5) is 10.2.